The van der Waals surface area contributed by atoms with Gasteiger partial charge in [-0.1, -0.05) is 69.3 Å². The number of hydrogen-bond donors (Lipinski definition) is 1. The van der Waals surface area contributed by atoms with Crippen LogP contribution in [0.15, 0.2) is 60.7 Å². The first-order valence-corrected chi connectivity index (χ1v) is 6.89. The van der Waals surface area contributed by atoms with E-state index in [9.17, 15) is 4.79 Å². The summed E-state index contributed by atoms with van der Waals surface area (Å²) in [4.78, 5) is 12.4. The van der Waals surface area contributed by atoms with Crippen LogP contribution in [-0.4, -0.2) is 5.91 Å². The molecule has 0 aromatic heterocycles. The number of benzene rings is 2. The number of carbonyl (C=O) groups is 1. The van der Waals surface area contributed by atoms with Crippen LogP contribution in [0.3, 0.4) is 0 Å². The van der Waals surface area contributed by atoms with E-state index in [1.54, 1.807) is 0 Å². The summed E-state index contributed by atoms with van der Waals surface area (Å²) in [7, 11) is 0. The van der Waals surface area contributed by atoms with Crippen molar-refractivity contribution in [3.05, 3.63) is 71.8 Å². The van der Waals surface area contributed by atoms with E-state index < -0.39 is 0 Å². The molecule has 0 aliphatic heterocycles. The van der Waals surface area contributed by atoms with Crippen molar-refractivity contribution >= 4 is 5.91 Å². The molecule has 0 spiro atoms. The van der Waals surface area contributed by atoms with E-state index in [1.807, 2.05) is 48.5 Å². The van der Waals surface area contributed by atoms with E-state index in [0.29, 0.717) is 5.56 Å². The lowest BCUT2D eigenvalue weighted by Crippen LogP contribution is -2.36. The van der Waals surface area contributed by atoms with Crippen LogP contribution in [-0.2, 0) is 0 Å². The zero-order valence-electron chi connectivity index (χ0n) is 12.3. The molecular weight excluding hydrogens is 246 g/mol. The number of hydrogen-bond acceptors (Lipinski definition) is 1. The molecule has 0 aliphatic rings. The predicted molar refractivity (Wildman–Crippen MR) is 82.5 cm³/mol. The largest absolute Gasteiger partial charge is 0.345 e. The minimum absolute atomic E-state index is 0.0172. The molecule has 0 bridgehead atoms. The monoisotopic (exact) mass is 267 g/mol. The van der Waals surface area contributed by atoms with Crippen molar-refractivity contribution in [3.8, 4) is 0 Å². The number of carbonyl (C=O) groups excluding carboxylic acids is 1. The van der Waals surface area contributed by atoms with Crippen LogP contribution >= 0.6 is 0 Å². The summed E-state index contributed by atoms with van der Waals surface area (Å²) >= 11 is 0. The predicted octanol–water partition coefficient (Wildman–Crippen LogP) is 4.20. The summed E-state index contributed by atoms with van der Waals surface area (Å²) in [5, 5.41) is 3.15. The highest BCUT2D eigenvalue weighted by atomic mass is 16.1. The summed E-state index contributed by atoms with van der Waals surface area (Å²) in [6.07, 6.45) is 0. The Hall–Kier alpha value is -2.09. The molecule has 104 valence electrons. The third kappa shape index (κ3) is 3.47. The van der Waals surface area contributed by atoms with E-state index in [-0.39, 0.29) is 17.4 Å². The van der Waals surface area contributed by atoms with E-state index in [0.717, 1.165) is 5.56 Å². The molecule has 1 amide bonds. The molecule has 0 heterocycles. The second kappa shape index (κ2) is 5.91. The van der Waals surface area contributed by atoms with Crippen molar-refractivity contribution in [1.29, 1.82) is 0 Å². The van der Waals surface area contributed by atoms with Crippen molar-refractivity contribution in [2.24, 2.45) is 5.41 Å². The molecule has 20 heavy (non-hydrogen) atoms. The van der Waals surface area contributed by atoms with Gasteiger partial charge in [-0.25, -0.2) is 0 Å². The van der Waals surface area contributed by atoms with Crippen molar-refractivity contribution < 1.29 is 4.79 Å². The van der Waals surface area contributed by atoms with Crippen LogP contribution in [0.1, 0.15) is 42.7 Å². The first-order chi connectivity index (χ1) is 9.48. The number of rotatable bonds is 3. The van der Waals surface area contributed by atoms with Crippen LogP contribution in [0.4, 0.5) is 0 Å². The Morgan fingerprint density at radius 3 is 1.90 bits per heavy atom. The molecule has 1 unspecified atom stereocenters. The van der Waals surface area contributed by atoms with Gasteiger partial charge in [-0.3, -0.25) is 4.79 Å². The molecule has 0 radical (unpaired) electrons. The molecule has 2 aromatic rings. The maximum atomic E-state index is 12.4. The van der Waals surface area contributed by atoms with Crippen LogP contribution < -0.4 is 5.32 Å². The molecule has 0 saturated carbocycles. The van der Waals surface area contributed by atoms with Gasteiger partial charge in [0, 0.05) is 5.56 Å². The molecule has 2 rings (SSSR count). The number of nitrogens with one attached hydrogen (secondary N) is 1. The average molecular weight is 267 g/mol. The Balaban J connectivity index is 2.24. The van der Waals surface area contributed by atoms with Crippen LogP contribution in [0.5, 0.6) is 0 Å². The molecule has 2 aromatic carbocycles. The Labute approximate surface area is 120 Å². The minimum atomic E-state index is -0.0498. The van der Waals surface area contributed by atoms with Gasteiger partial charge in [0.1, 0.15) is 0 Å². The Morgan fingerprint density at radius 1 is 0.900 bits per heavy atom. The van der Waals surface area contributed by atoms with Gasteiger partial charge < -0.3 is 5.32 Å². The van der Waals surface area contributed by atoms with Crippen molar-refractivity contribution in [2.75, 3.05) is 0 Å². The molecule has 1 N–H and O–H groups in total. The fraction of sp³-hybridized carbons (Fsp3) is 0.278. The van der Waals surface area contributed by atoms with Gasteiger partial charge in [-0.15, -0.1) is 0 Å². The zero-order valence-corrected chi connectivity index (χ0v) is 12.3. The molecule has 2 heteroatoms. The molecule has 0 aliphatic carbocycles. The number of amides is 1. The normalized spacial score (nSPS) is 12.8. The van der Waals surface area contributed by atoms with Gasteiger partial charge in [-0.05, 0) is 23.1 Å². The minimum Gasteiger partial charge on any atom is -0.345 e. The third-order valence-corrected chi connectivity index (χ3v) is 3.31. The highest BCUT2D eigenvalue weighted by Crippen LogP contribution is 2.32. The zero-order chi connectivity index (χ0) is 14.6. The first kappa shape index (κ1) is 14.3. The second-order valence-electron chi connectivity index (χ2n) is 6.05. The van der Waals surface area contributed by atoms with Crippen molar-refractivity contribution in [2.45, 2.75) is 26.8 Å². The molecular formula is C18H21NO. The van der Waals surface area contributed by atoms with Gasteiger partial charge in [0.15, 0.2) is 0 Å². The van der Waals surface area contributed by atoms with Crippen molar-refractivity contribution in [3.63, 3.8) is 0 Å². The highest BCUT2D eigenvalue weighted by Gasteiger charge is 2.27. The van der Waals surface area contributed by atoms with E-state index >= 15 is 0 Å². The SMILES string of the molecule is CC(C)(C)C(NC(=O)c1ccccc1)c1ccccc1. The van der Waals surface area contributed by atoms with Gasteiger partial charge in [0.05, 0.1) is 6.04 Å². The highest BCUT2D eigenvalue weighted by molar-refractivity contribution is 5.94. The molecule has 0 fully saturated rings. The molecule has 2 nitrogen and oxygen atoms in total. The van der Waals surface area contributed by atoms with Gasteiger partial charge >= 0.3 is 0 Å². The second-order valence-corrected chi connectivity index (χ2v) is 6.05. The lowest BCUT2D eigenvalue weighted by molar-refractivity contribution is 0.0902. The van der Waals surface area contributed by atoms with E-state index in [4.69, 9.17) is 0 Å². The van der Waals surface area contributed by atoms with Crippen molar-refractivity contribution in [1.82, 2.24) is 5.32 Å². The summed E-state index contributed by atoms with van der Waals surface area (Å²) in [5.41, 5.74) is 1.77. The van der Waals surface area contributed by atoms with Crippen LogP contribution in [0.2, 0.25) is 0 Å². The Morgan fingerprint density at radius 2 is 1.40 bits per heavy atom. The Kier molecular flexibility index (Phi) is 4.23. The Bertz CT molecular complexity index is 555. The molecule has 1 atom stereocenters. The van der Waals surface area contributed by atoms with E-state index in [2.05, 4.69) is 38.2 Å². The topological polar surface area (TPSA) is 29.1 Å². The van der Waals surface area contributed by atoms with Gasteiger partial charge in [0.2, 0.25) is 0 Å². The van der Waals surface area contributed by atoms with Gasteiger partial charge in [-0.2, -0.15) is 0 Å². The summed E-state index contributed by atoms with van der Waals surface area (Å²) < 4.78 is 0. The first-order valence-electron chi connectivity index (χ1n) is 6.89. The molecule has 0 saturated heterocycles. The van der Waals surface area contributed by atoms with Gasteiger partial charge in [0.25, 0.3) is 5.91 Å². The lowest BCUT2D eigenvalue weighted by atomic mass is 9.82. The summed E-state index contributed by atoms with van der Waals surface area (Å²) in [6, 6.07) is 19.4. The van der Waals surface area contributed by atoms with Crippen LogP contribution in [0, 0.1) is 5.41 Å². The maximum Gasteiger partial charge on any atom is 0.251 e. The third-order valence-electron chi connectivity index (χ3n) is 3.31. The standard InChI is InChI=1S/C18H21NO/c1-18(2,3)16(14-10-6-4-7-11-14)19-17(20)15-12-8-5-9-13-15/h4-13,16H,1-3H3,(H,19,20). The fourth-order valence-electron chi connectivity index (χ4n) is 2.25. The average Bonchev–Trinajstić information content (AvgIpc) is 2.45. The van der Waals surface area contributed by atoms with Crippen LogP contribution in [0.25, 0.3) is 0 Å². The smallest absolute Gasteiger partial charge is 0.251 e. The summed E-state index contributed by atoms with van der Waals surface area (Å²) in [5.74, 6) is -0.0330. The maximum absolute atomic E-state index is 12.4. The lowest BCUT2D eigenvalue weighted by Gasteiger charge is -2.32. The summed E-state index contributed by atoms with van der Waals surface area (Å²) in [6.45, 7) is 6.40. The quantitative estimate of drug-likeness (QED) is 0.887. The fourth-order valence-corrected chi connectivity index (χ4v) is 2.25. The van der Waals surface area contributed by atoms with E-state index in [1.165, 1.54) is 0 Å².